The Labute approximate surface area is 106 Å². The number of aryl methyl sites for hydroxylation is 2. The molecule has 1 aliphatic carbocycles. The summed E-state index contributed by atoms with van der Waals surface area (Å²) in [5, 5.41) is 3.71. The maximum Gasteiger partial charge on any atom is 0.00708 e. The van der Waals surface area contributed by atoms with Gasteiger partial charge in [-0.25, -0.2) is 0 Å². The van der Waals surface area contributed by atoms with Crippen LogP contribution in [0.15, 0.2) is 18.2 Å². The molecule has 1 heteroatoms. The molecular weight excluding hydrogens is 206 g/mol. The van der Waals surface area contributed by atoms with E-state index in [4.69, 9.17) is 0 Å². The van der Waals surface area contributed by atoms with Crippen molar-refractivity contribution in [3.8, 4) is 0 Å². The summed E-state index contributed by atoms with van der Waals surface area (Å²) in [4.78, 5) is 0. The van der Waals surface area contributed by atoms with Crippen molar-refractivity contribution < 1.29 is 0 Å². The second-order valence-electron chi connectivity index (χ2n) is 5.84. The molecule has 17 heavy (non-hydrogen) atoms. The van der Waals surface area contributed by atoms with Gasteiger partial charge in [0.15, 0.2) is 0 Å². The molecule has 2 rings (SSSR count). The zero-order chi connectivity index (χ0) is 12.4. The molecule has 0 aliphatic heterocycles. The van der Waals surface area contributed by atoms with Gasteiger partial charge in [0.05, 0.1) is 0 Å². The average molecular weight is 231 g/mol. The van der Waals surface area contributed by atoms with Crippen LogP contribution in [-0.2, 0) is 6.42 Å². The standard InChI is InChI=1S/C16H25N/c1-11-5-6-12(2)15(9-11)10-13(3)14(4)17-16-7-8-16/h5-6,9,13-14,16-17H,7-8,10H2,1-4H3. The summed E-state index contributed by atoms with van der Waals surface area (Å²) < 4.78 is 0. The van der Waals surface area contributed by atoms with Crippen molar-refractivity contribution in [2.45, 2.75) is 59.0 Å². The molecule has 2 unspecified atom stereocenters. The van der Waals surface area contributed by atoms with Gasteiger partial charge in [0.25, 0.3) is 0 Å². The Morgan fingerprint density at radius 1 is 1.24 bits per heavy atom. The van der Waals surface area contributed by atoms with Crippen molar-refractivity contribution in [1.82, 2.24) is 5.32 Å². The molecular formula is C16H25N. The van der Waals surface area contributed by atoms with Crippen LogP contribution >= 0.6 is 0 Å². The van der Waals surface area contributed by atoms with Crippen LogP contribution in [-0.4, -0.2) is 12.1 Å². The maximum absolute atomic E-state index is 3.71. The van der Waals surface area contributed by atoms with E-state index in [-0.39, 0.29) is 0 Å². The Hall–Kier alpha value is -0.820. The van der Waals surface area contributed by atoms with Gasteiger partial charge in [0, 0.05) is 12.1 Å². The van der Waals surface area contributed by atoms with Gasteiger partial charge < -0.3 is 5.32 Å². The molecule has 0 heterocycles. The number of nitrogens with one attached hydrogen (secondary N) is 1. The van der Waals surface area contributed by atoms with E-state index in [0.717, 1.165) is 6.04 Å². The largest absolute Gasteiger partial charge is 0.311 e. The SMILES string of the molecule is Cc1ccc(C)c(CC(C)C(C)NC2CC2)c1. The molecule has 94 valence electrons. The van der Waals surface area contributed by atoms with E-state index in [2.05, 4.69) is 51.2 Å². The lowest BCUT2D eigenvalue weighted by atomic mass is 9.91. The molecule has 1 aliphatic rings. The van der Waals surface area contributed by atoms with Crippen molar-refractivity contribution in [2.75, 3.05) is 0 Å². The van der Waals surface area contributed by atoms with Gasteiger partial charge in [-0.2, -0.15) is 0 Å². The lowest BCUT2D eigenvalue weighted by Gasteiger charge is -2.22. The highest BCUT2D eigenvalue weighted by Crippen LogP contribution is 2.23. The predicted molar refractivity (Wildman–Crippen MR) is 74.4 cm³/mol. The minimum Gasteiger partial charge on any atom is -0.311 e. The van der Waals surface area contributed by atoms with Gasteiger partial charge >= 0.3 is 0 Å². The van der Waals surface area contributed by atoms with Crippen LogP contribution in [0.25, 0.3) is 0 Å². The fourth-order valence-electron chi connectivity index (χ4n) is 2.33. The molecule has 0 spiro atoms. The first-order valence-electron chi connectivity index (χ1n) is 6.88. The highest BCUT2D eigenvalue weighted by Gasteiger charge is 2.25. The van der Waals surface area contributed by atoms with E-state index in [1.807, 2.05) is 0 Å². The monoisotopic (exact) mass is 231 g/mol. The average Bonchev–Trinajstić information content (AvgIpc) is 3.07. The Bertz CT molecular complexity index is 379. The van der Waals surface area contributed by atoms with E-state index in [1.54, 1.807) is 0 Å². The van der Waals surface area contributed by atoms with Gasteiger partial charge in [0.2, 0.25) is 0 Å². The maximum atomic E-state index is 3.71. The lowest BCUT2D eigenvalue weighted by Crippen LogP contribution is -2.34. The molecule has 0 bridgehead atoms. The second-order valence-corrected chi connectivity index (χ2v) is 5.84. The zero-order valence-corrected chi connectivity index (χ0v) is 11.6. The Morgan fingerprint density at radius 2 is 1.94 bits per heavy atom. The Kier molecular flexibility index (Phi) is 3.88. The van der Waals surface area contributed by atoms with Crippen LogP contribution in [0.3, 0.4) is 0 Å². The van der Waals surface area contributed by atoms with E-state index < -0.39 is 0 Å². The van der Waals surface area contributed by atoms with Gasteiger partial charge in [-0.3, -0.25) is 0 Å². The molecule has 0 radical (unpaired) electrons. The molecule has 1 aromatic rings. The van der Waals surface area contributed by atoms with Crippen LogP contribution in [0.1, 0.15) is 43.4 Å². The third kappa shape index (κ3) is 3.57. The van der Waals surface area contributed by atoms with E-state index in [1.165, 1.54) is 36.0 Å². The molecule has 1 aromatic carbocycles. The fourth-order valence-corrected chi connectivity index (χ4v) is 2.33. The normalized spacial score (nSPS) is 19.1. The lowest BCUT2D eigenvalue weighted by molar-refractivity contribution is 0.395. The summed E-state index contributed by atoms with van der Waals surface area (Å²) in [6.45, 7) is 9.09. The first-order chi connectivity index (χ1) is 8.06. The molecule has 2 atom stereocenters. The van der Waals surface area contributed by atoms with Crippen molar-refractivity contribution in [3.63, 3.8) is 0 Å². The Morgan fingerprint density at radius 3 is 2.59 bits per heavy atom. The van der Waals surface area contributed by atoms with Crippen molar-refractivity contribution in [3.05, 3.63) is 34.9 Å². The number of hydrogen-bond donors (Lipinski definition) is 1. The topological polar surface area (TPSA) is 12.0 Å². The summed E-state index contributed by atoms with van der Waals surface area (Å²) >= 11 is 0. The minimum atomic E-state index is 0.627. The molecule has 0 amide bonds. The smallest absolute Gasteiger partial charge is 0.00708 e. The first kappa shape index (κ1) is 12.6. The molecule has 0 aromatic heterocycles. The summed E-state index contributed by atoms with van der Waals surface area (Å²) in [5.74, 6) is 0.705. The quantitative estimate of drug-likeness (QED) is 0.816. The van der Waals surface area contributed by atoms with E-state index >= 15 is 0 Å². The van der Waals surface area contributed by atoms with Crippen LogP contribution in [0.5, 0.6) is 0 Å². The Balaban J connectivity index is 1.95. The van der Waals surface area contributed by atoms with Gasteiger partial charge in [-0.1, -0.05) is 30.7 Å². The van der Waals surface area contributed by atoms with E-state index in [9.17, 15) is 0 Å². The van der Waals surface area contributed by atoms with Crippen LogP contribution < -0.4 is 5.32 Å². The van der Waals surface area contributed by atoms with Crippen molar-refractivity contribution in [1.29, 1.82) is 0 Å². The molecule has 0 saturated heterocycles. The molecule has 1 saturated carbocycles. The van der Waals surface area contributed by atoms with Crippen LogP contribution in [0.4, 0.5) is 0 Å². The molecule has 1 nitrogen and oxygen atoms in total. The molecule has 1 N–H and O–H groups in total. The first-order valence-corrected chi connectivity index (χ1v) is 6.88. The van der Waals surface area contributed by atoms with Gasteiger partial charge in [-0.05, 0) is 57.1 Å². The van der Waals surface area contributed by atoms with Crippen molar-refractivity contribution in [2.24, 2.45) is 5.92 Å². The molecule has 1 fully saturated rings. The summed E-state index contributed by atoms with van der Waals surface area (Å²) in [6.07, 6.45) is 3.94. The van der Waals surface area contributed by atoms with Gasteiger partial charge in [-0.15, -0.1) is 0 Å². The summed E-state index contributed by atoms with van der Waals surface area (Å²) in [5.41, 5.74) is 4.32. The number of hydrogen-bond acceptors (Lipinski definition) is 1. The van der Waals surface area contributed by atoms with Gasteiger partial charge in [0.1, 0.15) is 0 Å². The number of benzene rings is 1. The number of rotatable bonds is 5. The highest BCUT2D eigenvalue weighted by molar-refractivity contribution is 5.30. The predicted octanol–water partition coefficient (Wildman–Crippen LogP) is 3.62. The van der Waals surface area contributed by atoms with Crippen LogP contribution in [0.2, 0.25) is 0 Å². The summed E-state index contributed by atoms with van der Waals surface area (Å²) in [6, 6.07) is 8.23. The van der Waals surface area contributed by atoms with Crippen molar-refractivity contribution >= 4 is 0 Å². The minimum absolute atomic E-state index is 0.627. The zero-order valence-electron chi connectivity index (χ0n) is 11.6. The van der Waals surface area contributed by atoms with Crippen LogP contribution in [0, 0.1) is 19.8 Å². The third-order valence-electron chi connectivity index (χ3n) is 3.98. The van der Waals surface area contributed by atoms with E-state index in [0.29, 0.717) is 12.0 Å². The third-order valence-corrected chi connectivity index (χ3v) is 3.98. The fraction of sp³-hybridized carbons (Fsp3) is 0.625. The second kappa shape index (κ2) is 5.22. The summed E-state index contributed by atoms with van der Waals surface area (Å²) in [7, 11) is 0. The highest BCUT2D eigenvalue weighted by atomic mass is 15.0.